The van der Waals surface area contributed by atoms with Crippen molar-refractivity contribution in [2.75, 3.05) is 19.8 Å². The van der Waals surface area contributed by atoms with Crippen LogP contribution in [0.2, 0.25) is 0 Å². The van der Waals surface area contributed by atoms with E-state index in [0.717, 1.165) is 38.5 Å². The van der Waals surface area contributed by atoms with Gasteiger partial charge in [0.25, 0.3) is 0 Å². The normalized spacial score (nSPS) is 19.7. The van der Waals surface area contributed by atoms with E-state index in [-0.39, 0.29) is 13.0 Å². The second-order valence-electron chi connectivity index (χ2n) is 24.4. The lowest BCUT2D eigenvalue weighted by atomic mass is 9.85. The van der Waals surface area contributed by atoms with Gasteiger partial charge in [-0.1, -0.05) is 335 Å². The Labute approximate surface area is 486 Å². The van der Waals surface area contributed by atoms with Gasteiger partial charge in [0.15, 0.2) is 0 Å². The number of hydrogen-bond donors (Lipinski definition) is 6. The van der Waals surface area contributed by atoms with Crippen LogP contribution in [0, 0.1) is 0 Å². The number of hydrogen-bond acceptors (Lipinski definition) is 11. The highest BCUT2D eigenvalue weighted by atomic mass is 31.2. The maximum atomic E-state index is 12.9. The van der Waals surface area contributed by atoms with Gasteiger partial charge in [-0.2, -0.15) is 0 Å². The predicted octanol–water partition coefficient (Wildman–Crippen LogP) is 18.0. The molecule has 12 nitrogen and oxygen atoms in total. The highest BCUT2D eigenvalue weighted by molar-refractivity contribution is 7.47. The Morgan fingerprint density at radius 1 is 0.354 bits per heavy atom. The molecule has 1 fully saturated rings. The Balaban J connectivity index is 2.12. The van der Waals surface area contributed by atoms with Gasteiger partial charge in [0, 0.05) is 13.0 Å². The number of esters is 1. The summed E-state index contributed by atoms with van der Waals surface area (Å²) in [6.07, 6.45) is 56.5. The summed E-state index contributed by atoms with van der Waals surface area (Å²) in [5.41, 5.74) is 0. The Morgan fingerprint density at radius 2 is 0.595 bits per heavy atom. The van der Waals surface area contributed by atoms with Gasteiger partial charge in [-0.3, -0.25) is 13.8 Å². The molecule has 0 bridgehead atoms. The Kier molecular flexibility index (Phi) is 54.6. The van der Waals surface area contributed by atoms with Gasteiger partial charge >= 0.3 is 13.8 Å². The van der Waals surface area contributed by atoms with E-state index < -0.39 is 63.1 Å². The van der Waals surface area contributed by atoms with Crippen LogP contribution in [0.4, 0.5) is 0 Å². The van der Waals surface area contributed by atoms with E-state index in [1.54, 1.807) is 0 Å². The highest BCUT2D eigenvalue weighted by Crippen LogP contribution is 2.47. The average Bonchev–Trinajstić information content (AvgIpc) is 3.48. The SMILES string of the molecule is CCCCCCCCCCCCCCCCCCCCCCCCCCCCCCCCCCCCC(=O)O[C@H](COCCCCCCCCCCCCCCCCCCCC)COP(=O)(O)OC1C(O)C(O)C(O)[C@@H](O)C1O. The number of aliphatic hydroxyl groups is 5. The van der Waals surface area contributed by atoms with Crippen molar-refractivity contribution in [3.8, 4) is 0 Å². The first-order chi connectivity index (χ1) is 38.5. The molecule has 472 valence electrons. The average molecular weight is 1150 g/mol. The summed E-state index contributed by atoms with van der Waals surface area (Å²) in [5.74, 6) is -0.465. The molecule has 6 unspecified atom stereocenters. The standard InChI is InChI=1S/C66H131O12P/c1-3-5-7-9-11-13-15-17-19-21-23-24-25-26-27-28-29-30-31-32-33-34-35-36-37-38-39-41-43-45-47-49-51-53-55-60(67)77-59(58-76-79(73,74)78-66-64(71)62(69)61(68)63(70)65(66)72)57-75-56-54-52-50-48-46-44-42-40-22-20-18-16-14-12-10-8-6-4-2/h59,61-66,68-72H,3-58H2,1-2H3,(H,73,74)/t59-,61?,62-,63?,64?,65?,66?/m1/s1. The van der Waals surface area contributed by atoms with E-state index in [0.29, 0.717) is 13.0 Å². The van der Waals surface area contributed by atoms with Gasteiger partial charge in [0.2, 0.25) is 0 Å². The van der Waals surface area contributed by atoms with Crippen molar-refractivity contribution >= 4 is 13.8 Å². The molecule has 0 aromatic rings. The molecule has 1 aliphatic carbocycles. The zero-order valence-electron chi connectivity index (χ0n) is 51.7. The summed E-state index contributed by atoms with van der Waals surface area (Å²) in [4.78, 5) is 23.4. The molecule has 0 aromatic carbocycles. The monoisotopic (exact) mass is 1150 g/mol. The summed E-state index contributed by atoms with van der Waals surface area (Å²) >= 11 is 0. The van der Waals surface area contributed by atoms with E-state index in [2.05, 4.69) is 13.8 Å². The minimum Gasteiger partial charge on any atom is -0.457 e. The summed E-state index contributed by atoms with van der Waals surface area (Å²) < 4.78 is 34.5. The van der Waals surface area contributed by atoms with Crippen LogP contribution in [0.1, 0.15) is 354 Å². The lowest BCUT2D eigenvalue weighted by molar-refractivity contribution is -0.220. The zero-order valence-corrected chi connectivity index (χ0v) is 52.6. The highest BCUT2D eigenvalue weighted by Gasteiger charge is 2.51. The van der Waals surface area contributed by atoms with Crippen LogP contribution in [0.5, 0.6) is 0 Å². The second-order valence-corrected chi connectivity index (χ2v) is 25.8. The molecule has 0 amide bonds. The molecule has 13 heteroatoms. The molecule has 0 radical (unpaired) electrons. The quantitative estimate of drug-likeness (QED) is 0.0192. The molecule has 0 aromatic heterocycles. The Bertz CT molecular complexity index is 1310. The lowest BCUT2D eigenvalue weighted by Gasteiger charge is -2.41. The van der Waals surface area contributed by atoms with E-state index in [1.165, 1.54) is 289 Å². The lowest BCUT2D eigenvalue weighted by Crippen LogP contribution is -2.64. The van der Waals surface area contributed by atoms with E-state index >= 15 is 0 Å². The molecule has 0 spiro atoms. The topological polar surface area (TPSA) is 192 Å². The fourth-order valence-corrected chi connectivity index (χ4v) is 12.3. The van der Waals surface area contributed by atoms with E-state index in [1.807, 2.05) is 0 Å². The first-order valence-corrected chi connectivity index (χ1v) is 35.9. The van der Waals surface area contributed by atoms with Crippen molar-refractivity contribution in [3.05, 3.63) is 0 Å². The fraction of sp³-hybridized carbons (Fsp3) is 0.985. The van der Waals surface area contributed by atoms with E-state index in [9.17, 15) is 39.8 Å². The smallest absolute Gasteiger partial charge is 0.457 e. The van der Waals surface area contributed by atoms with Gasteiger partial charge in [-0.05, 0) is 12.8 Å². The third kappa shape index (κ3) is 47.3. The maximum Gasteiger partial charge on any atom is 0.472 e. The molecular formula is C66H131O12P. The van der Waals surface area contributed by atoms with Crippen LogP contribution >= 0.6 is 7.82 Å². The third-order valence-electron chi connectivity index (χ3n) is 16.7. The van der Waals surface area contributed by atoms with Gasteiger partial charge in [-0.15, -0.1) is 0 Å². The Hall–Kier alpha value is -0.660. The van der Waals surface area contributed by atoms with Crippen molar-refractivity contribution in [2.45, 2.75) is 397 Å². The molecule has 1 saturated carbocycles. The predicted molar refractivity (Wildman–Crippen MR) is 327 cm³/mol. The number of carbonyl (C=O) groups excluding carboxylic acids is 1. The molecule has 6 N–H and O–H groups in total. The maximum absolute atomic E-state index is 12.9. The van der Waals surface area contributed by atoms with Crippen LogP contribution < -0.4 is 0 Å². The van der Waals surface area contributed by atoms with Crippen molar-refractivity contribution in [2.24, 2.45) is 0 Å². The Morgan fingerprint density at radius 3 is 0.873 bits per heavy atom. The summed E-state index contributed by atoms with van der Waals surface area (Å²) in [6, 6.07) is 0. The number of phosphoric ester groups is 1. The second kappa shape index (κ2) is 56.5. The summed E-state index contributed by atoms with van der Waals surface area (Å²) in [6.45, 7) is 4.36. The fourth-order valence-electron chi connectivity index (χ4n) is 11.4. The summed E-state index contributed by atoms with van der Waals surface area (Å²) in [5, 5.41) is 50.5. The third-order valence-corrected chi connectivity index (χ3v) is 17.7. The van der Waals surface area contributed by atoms with Crippen molar-refractivity contribution in [1.82, 2.24) is 0 Å². The molecule has 8 atom stereocenters. The summed E-state index contributed by atoms with van der Waals surface area (Å²) in [7, 11) is -5.02. The molecule has 79 heavy (non-hydrogen) atoms. The molecular weight excluding hydrogens is 1020 g/mol. The molecule has 0 aliphatic heterocycles. The molecule has 1 rings (SSSR count). The number of rotatable bonds is 62. The van der Waals surface area contributed by atoms with Crippen LogP contribution in [-0.2, 0) is 27.9 Å². The van der Waals surface area contributed by atoms with Gasteiger partial charge in [0.1, 0.15) is 42.7 Å². The number of unbranched alkanes of at least 4 members (excludes halogenated alkanes) is 50. The molecule has 0 heterocycles. The van der Waals surface area contributed by atoms with Gasteiger partial charge < -0.3 is 39.9 Å². The van der Waals surface area contributed by atoms with Crippen LogP contribution in [0.15, 0.2) is 0 Å². The molecule has 1 aliphatic rings. The minimum atomic E-state index is -5.02. The van der Waals surface area contributed by atoms with Gasteiger partial charge in [0.05, 0.1) is 13.2 Å². The van der Waals surface area contributed by atoms with Crippen molar-refractivity contribution in [3.63, 3.8) is 0 Å². The van der Waals surface area contributed by atoms with Gasteiger partial charge in [-0.25, -0.2) is 4.57 Å². The number of phosphoric acid groups is 1. The first kappa shape index (κ1) is 76.4. The van der Waals surface area contributed by atoms with Crippen LogP contribution in [0.3, 0.4) is 0 Å². The van der Waals surface area contributed by atoms with Crippen molar-refractivity contribution < 1.29 is 58.3 Å². The van der Waals surface area contributed by atoms with Crippen LogP contribution in [-0.4, -0.2) is 98.9 Å². The zero-order chi connectivity index (χ0) is 57.5. The first-order valence-electron chi connectivity index (χ1n) is 34.4. The van der Waals surface area contributed by atoms with Crippen molar-refractivity contribution in [1.29, 1.82) is 0 Å². The number of aliphatic hydroxyl groups excluding tert-OH is 5. The number of carbonyl (C=O) groups is 1. The minimum absolute atomic E-state index is 0.0668. The largest absolute Gasteiger partial charge is 0.472 e. The van der Waals surface area contributed by atoms with Crippen LogP contribution in [0.25, 0.3) is 0 Å². The van der Waals surface area contributed by atoms with E-state index in [4.69, 9.17) is 18.5 Å². The molecule has 0 saturated heterocycles. The number of ether oxygens (including phenoxy) is 2.